The second-order valence-electron chi connectivity index (χ2n) is 7.20. The second-order valence-corrected chi connectivity index (χ2v) is 7.20. The lowest BCUT2D eigenvalue weighted by molar-refractivity contribution is 0.0672. The van der Waals surface area contributed by atoms with Crippen molar-refractivity contribution in [2.24, 2.45) is 0 Å². The van der Waals surface area contributed by atoms with Crippen molar-refractivity contribution in [3.8, 4) is 5.75 Å². The van der Waals surface area contributed by atoms with Crippen LogP contribution in [-0.4, -0.2) is 37.3 Å². The quantitative estimate of drug-likeness (QED) is 0.462. The van der Waals surface area contributed by atoms with Gasteiger partial charge >= 0.3 is 0 Å². The molecule has 2 aromatic carbocycles. The van der Waals surface area contributed by atoms with E-state index >= 15 is 0 Å². The molecule has 4 aromatic rings. The van der Waals surface area contributed by atoms with Gasteiger partial charge in [0.15, 0.2) is 0 Å². The molecule has 0 amide bonds. The van der Waals surface area contributed by atoms with Gasteiger partial charge in [-0.1, -0.05) is 12.1 Å². The van der Waals surface area contributed by atoms with Gasteiger partial charge in [-0.25, -0.2) is 15.0 Å². The van der Waals surface area contributed by atoms with Crippen molar-refractivity contribution in [3.05, 3.63) is 48.9 Å². The molecule has 2 heterocycles. The van der Waals surface area contributed by atoms with Crippen molar-refractivity contribution < 1.29 is 9.84 Å². The van der Waals surface area contributed by atoms with E-state index in [-0.39, 0.29) is 24.6 Å². The number of ether oxygens (including phenoxy) is 1. The van der Waals surface area contributed by atoms with Gasteiger partial charge in [0.1, 0.15) is 11.3 Å². The van der Waals surface area contributed by atoms with E-state index in [0.29, 0.717) is 5.95 Å². The maximum absolute atomic E-state index is 9.70. The number of aromatic amines is 1. The fourth-order valence-corrected chi connectivity index (χ4v) is 3.67. The van der Waals surface area contributed by atoms with Crippen molar-refractivity contribution in [2.45, 2.75) is 37.9 Å². The molecule has 8 heteroatoms. The molecule has 2 aromatic heterocycles. The van der Waals surface area contributed by atoms with Crippen LogP contribution in [0.3, 0.4) is 0 Å². The van der Waals surface area contributed by atoms with Gasteiger partial charge < -0.3 is 20.1 Å². The van der Waals surface area contributed by atoms with Crippen LogP contribution in [-0.2, 0) is 0 Å². The molecule has 1 aliphatic carbocycles. The molecular formula is C21H22ClN5O2. The Hall–Kier alpha value is -2.90. The number of halogens is 1. The number of H-pyrrole nitrogens is 1. The van der Waals surface area contributed by atoms with E-state index in [2.05, 4.69) is 20.3 Å². The van der Waals surface area contributed by atoms with Gasteiger partial charge in [0.05, 0.1) is 29.6 Å². The molecular weight excluding hydrogens is 390 g/mol. The molecule has 0 unspecified atom stereocenters. The van der Waals surface area contributed by atoms with Crippen LogP contribution in [0.4, 0.5) is 11.6 Å². The Balaban J connectivity index is 0.00000205. The molecule has 1 aliphatic rings. The molecule has 7 nitrogen and oxygen atoms in total. The molecule has 0 bridgehead atoms. The van der Waals surface area contributed by atoms with Gasteiger partial charge in [0, 0.05) is 17.3 Å². The number of rotatable bonds is 4. The molecule has 5 rings (SSSR count). The lowest BCUT2D eigenvalue weighted by atomic mass is 9.95. The minimum atomic E-state index is -0.197. The van der Waals surface area contributed by atoms with E-state index in [0.717, 1.165) is 59.1 Å². The predicted molar refractivity (Wildman–Crippen MR) is 115 cm³/mol. The highest BCUT2D eigenvalue weighted by molar-refractivity contribution is 5.86. The topological polar surface area (TPSA) is 96.0 Å². The summed E-state index contributed by atoms with van der Waals surface area (Å²) in [6.45, 7) is 0. The summed E-state index contributed by atoms with van der Waals surface area (Å²) in [6, 6.07) is 11.8. The van der Waals surface area contributed by atoms with Crippen molar-refractivity contribution >= 4 is 46.0 Å². The lowest BCUT2D eigenvalue weighted by Crippen LogP contribution is -2.26. The Morgan fingerprint density at radius 3 is 2.79 bits per heavy atom. The zero-order chi connectivity index (χ0) is 18.9. The number of para-hydroxylation sites is 1. The zero-order valence-electron chi connectivity index (χ0n) is 15.7. The Morgan fingerprint density at radius 2 is 1.93 bits per heavy atom. The highest BCUT2D eigenvalue weighted by Crippen LogP contribution is 2.29. The van der Waals surface area contributed by atoms with Crippen LogP contribution >= 0.6 is 12.4 Å². The van der Waals surface area contributed by atoms with Crippen LogP contribution in [0.1, 0.15) is 25.7 Å². The molecule has 29 heavy (non-hydrogen) atoms. The largest absolute Gasteiger partial charge is 0.488 e. The third kappa shape index (κ3) is 4.11. The molecule has 0 atom stereocenters. The maximum atomic E-state index is 9.70. The summed E-state index contributed by atoms with van der Waals surface area (Å²) in [4.78, 5) is 16.5. The Kier molecular flexibility index (Phi) is 5.51. The number of aromatic nitrogens is 4. The van der Waals surface area contributed by atoms with Crippen LogP contribution in [0.5, 0.6) is 5.75 Å². The van der Waals surface area contributed by atoms with Gasteiger partial charge in [0.2, 0.25) is 5.95 Å². The van der Waals surface area contributed by atoms with Crippen LogP contribution in [0.2, 0.25) is 0 Å². The SMILES string of the molecule is Cl.O[C@H]1CC[C@@H](Oc2cccc3cnc(Nc4ccc5nc[nH]c5c4)nc23)CC1. The van der Waals surface area contributed by atoms with Crippen LogP contribution < -0.4 is 10.1 Å². The smallest absolute Gasteiger partial charge is 0.227 e. The summed E-state index contributed by atoms with van der Waals surface area (Å²) < 4.78 is 6.23. The zero-order valence-corrected chi connectivity index (χ0v) is 16.5. The third-order valence-electron chi connectivity index (χ3n) is 5.19. The number of anilines is 2. The monoisotopic (exact) mass is 411 g/mol. The first-order valence-corrected chi connectivity index (χ1v) is 9.55. The Morgan fingerprint density at radius 1 is 1.07 bits per heavy atom. The summed E-state index contributed by atoms with van der Waals surface area (Å²) in [7, 11) is 0. The number of aliphatic hydroxyl groups is 1. The number of imidazole rings is 1. The molecule has 0 saturated heterocycles. The van der Waals surface area contributed by atoms with E-state index in [1.165, 1.54) is 0 Å². The van der Waals surface area contributed by atoms with E-state index in [9.17, 15) is 5.11 Å². The average Bonchev–Trinajstić information content (AvgIpc) is 3.18. The molecule has 1 saturated carbocycles. The van der Waals surface area contributed by atoms with Gasteiger partial charge in [-0.05, 0) is 49.9 Å². The molecule has 0 radical (unpaired) electrons. The number of aliphatic hydroxyl groups excluding tert-OH is 1. The number of nitrogens with zero attached hydrogens (tertiary/aromatic N) is 3. The number of fused-ring (bicyclic) bond motifs is 2. The molecule has 1 fully saturated rings. The van der Waals surface area contributed by atoms with Gasteiger partial charge in [-0.2, -0.15) is 0 Å². The fourth-order valence-electron chi connectivity index (χ4n) is 3.67. The first kappa shape index (κ1) is 19.4. The third-order valence-corrected chi connectivity index (χ3v) is 5.19. The highest BCUT2D eigenvalue weighted by atomic mass is 35.5. The summed E-state index contributed by atoms with van der Waals surface area (Å²) in [5.41, 5.74) is 3.54. The number of nitrogens with one attached hydrogen (secondary N) is 2. The van der Waals surface area contributed by atoms with E-state index in [1.807, 2.05) is 36.4 Å². The first-order chi connectivity index (χ1) is 13.7. The Bertz CT molecular complexity index is 1120. The van der Waals surface area contributed by atoms with Crippen molar-refractivity contribution in [1.82, 2.24) is 19.9 Å². The minimum absolute atomic E-state index is 0. The average molecular weight is 412 g/mol. The lowest BCUT2D eigenvalue weighted by Gasteiger charge is -2.26. The standard InChI is InChI=1S/C21H21N5O2.ClH/c27-15-5-7-16(8-6-15)28-19-3-1-2-13-11-22-21(26-20(13)19)25-14-4-9-17-18(10-14)24-12-23-17;/h1-4,9-12,15-16,27H,5-8H2,(H,23,24)(H,22,25,26);1H/t15-,16+;. The highest BCUT2D eigenvalue weighted by Gasteiger charge is 2.21. The summed E-state index contributed by atoms with van der Waals surface area (Å²) in [5, 5.41) is 13.9. The first-order valence-electron chi connectivity index (χ1n) is 9.55. The van der Waals surface area contributed by atoms with E-state index in [4.69, 9.17) is 9.72 Å². The Labute approximate surface area is 174 Å². The molecule has 0 aliphatic heterocycles. The molecule has 3 N–H and O–H groups in total. The second kappa shape index (κ2) is 8.23. The van der Waals surface area contributed by atoms with Crippen LogP contribution in [0.15, 0.2) is 48.9 Å². The van der Waals surface area contributed by atoms with E-state index in [1.54, 1.807) is 12.5 Å². The summed E-state index contributed by atoms with van der Waals surface area (Å²) in [6.07, 6.45) is 6.68. The predicted octanol–water partition coefficient (Wildman–Crippen LogP) is 4.35. The van der Waals surface area contributed by atoms with Crippen LogP contribution in [0, 0.1) is 0 Å². The minimum Gasteiger partial charge on any atom is -0.488 e. The normalized spacial score (nSPS) is 19.1. The van der Waals surface area contributed by atoms with Crippen LogP contribution in [0.25, 0.3) is 21.9 Å². The summed E-state index contributed by atoms with van der Waals surface area (Å²) >= 11 is 0. The molecule has 0 spiro atoms. The fraction of sp³-hybridized carbons (Fsp3) is 0.286. The van der Waals surface area contributed by atoms with Gasteiger partial charge in [0.25, 0.3) is 0 Å². The van der Waals surface area contributed by atoms with E-state index < -0.39 is 0 Å². The van der Waals surface area contributed by atoms with Crippen molar-refractivity contribution in [1.29, 1.82) is 0 Å². The summed E-state index contributed by atoms with van der Waals surface area (Å²) in [5.74, 6) is 1.27. The van der Waals surface area contributed by atoms with Crippen molar-refractivity contribution in [3.63, 3.8) is 0 Å². The number of hydrogen-bond acceptors (Lipinski definition) is 6. The molecule has 150 valence electrons. The maximum Gasteiger partial charge on any atom is 0.227 e. The number of hydrogen-bond donors (Lipinski definition) is 3. The van der Waals surface area contributed by atoms with Gasteiger partial charge in [-0.3, -0.25) is 0 Å². The number of benzene rings is 2. The van der Waals surface area contributed by atoms with Crippen molar-refractivity contribution in [2.75, 3.05) is 5.32 Å². The van der Waals surface area contributed by atoms with Gasteiger partial charge in [-0.15, -0.1) is 12.4 Å².